The molecule has 0 saturated carbocycles. The molecule has 0 aromatic carbocycles. The molecule has 84 valence electrons. The Morgan fingerprint density at radius 3 is 1.40 bits per heavy atom. The highest BCUT2D eigenvalue weighted by Crippen LogP contribution is 2.11. The van der Waals surface area contributed by atoms with Gasteiger partial charge in [-0.05, 0) is 25.7 Å². The van der Waals surface area contributed by atoms with Crippen molar-refractivity contribution in [1.82, 2.24) is 0 Å². The second kappa shape index (κ2) is 6.81. The van der Waals surface area contributed by atoms with Crippen molar-refractivity contribution in [3.63, 3.8) is 0 Å². The third kappa shape index (κ3) is 6.49. The fourth-order valence-corrected chi connectivity index (χ4v) is 1.07. The first-order valence-corrected chi connectivity index (χ1v) is 4.77. The number of aliphatic carboxylic acids is 2. The maximum absolute atomic E-state index is 10.4. The van der Waals surface area contributed by atoms with Crippen LogP contribution < -0.4 is 0 Å². The Hall–Kier alpha value is -1.58. The minimum absolute atomic E-state index is 0.201. The third-order valence-electron chi connectivity index (χ3n) is 2.06. The van der Waals surface area contributed by atoms with Gasteiger partial charge in [0.15, 0.2) is 0 Å². The Morgan fingerprint density at radius 1 is 0.800 bits per heavy atom. The van der Waals surface area contributed by atoms with Gasteiger partial charge in [-0.2, -0.15) is 0 Å². The number of hydrogen-bond donors (Lipinski definition) is 2. The van der Waals surface area contributed by atoms with Crippen LogP contribution in [0.15, 0.2) is 24.3 Å². The lowest BCUT2D eigenvalue weighted by Gasteiger charge is -2.01. The maximum Gasteiger partial charge on any atom is 0.330 e. The Balaban J connectivity index is 3.48. The monoisotopic (exact) mass is 212 g/mol. The number of unbranched alkanes of at least 4 members (excludes halogenated alkanes) is 2. The largest absolute Gasteiger partial charge is 0.478 e. The average Bonchev–Trinajstić information content (AvgIpc) is 2.16. The van der Waals surface area contributed by atoms with Gasteiger partial charge in [-0.15, -0.1) is 0 Å². The Labute approximate surface area is 88.9 Å². The van der Waals surface area contributed by atoms with E-state index < -0.39 is 11.9 Å². The molecule has 0 aliphatic carbocycles. The quantitative estimate of drug-likeness (QED) is 0.478. The lowest BCUT2D eigenvalue weighted by Crippen LogP contribution is -2.00. The average molecular weight is 212 g/mol. The van der Waals surface area contributed by atoms with Crippen LogP contribution in [-0.4, -0.2) is 22.2 Å². The standard InChI is InChI=1S/C11H16O4/c1-8(10(12)13)6-4-3-5-7-9(2)11(14)15/h1-7H2,(H,12,13)(H,14,15). The topological polar surface area (TPSA) is 74.6 Å². The third-order valence-corrected chi connectivity index (χ3v) is 2.06. The van der Waals surface area contributed by atoms with Crippen LogP contribution in [-0.2, 0) is 9.59 Å². The molecule has 0 radical (unpaired) electrons. The minimum atomic E-state index is -0.968. The van der Waals surface area contributed by atoms with E-state index in [0.717, 1.165) is 19.3 Å². The van der Waals surface area contributed by atoms with Crippen molar-refractivity contribution in [2.45, 2.75) is 32.1 Å². The number of carboxylic acids is 2. The number of hydrogen-bond acceptors (Lipinski definition) is 2. The summed E-state index contributed by atoms with van der Waals surface area (Å²) in [5.74, 6) is -1.94. The molecule has 2 N–H and O–H groups in total. The van der Waals surface area contributed by atoms with Gasteiger partial charge < -0.3 is 10.2 Å². The molecule has 0 fully saturated rings. The van der Waals surface area contributed by atoms with Gasteiger partial charge in [0.05, 0.1) is 0 Å². The fraction of sp³-hybridized carbons (Fsp3) is 0.455. The molecule has 4 heteroatoms. The zero-order valence-corrected chi connectivity index (χ0v) is 8.66. The van der Waals surface area contributed by atoms with Gasteiger partial charge >= 0.3 is 11.9 Å². The zero-order valence-electron chi connectivity index (χ0n) is 8.66. The summed E-state index contributed by atoms with van der Waals surface area (Å²) in [5.41, 5.74) is 0.402. The molecule has 15 heavy (non-hydrogen) atoms. The predicted molar refractivity (Wildman–Crippen MR) is 56.6 cm³/mol. The van der Waals surface area contributed by atoms with E-state index in [9.17, 15) is 9.59 Å². The van der Waals surface area contributed by atoms with E-state index in [4.69, 9.17) is 10.2 Å². The molecular weight excluding hydrogens is 196 g/mol. The number of rotatable bonds is 8. The second-order valence-electron chi connectivity index (χ2n) is 3.38. The molecule has 0 atom stereocenters. The van der Waals surface area contributed by atoms with E-state index in [1.54, 1.807) is 0 Å². The molecule has 0 rings (SSSR count). The molecule has 0 amide bonds. The van der Waals surface area contributed by atoms with Crippen molar-refractivity contribution in [1.29, 1.82) is 0 Å². The van der Waals surface area contributed by atoms with Gasteiger partial charge in [0.2, 0.25) is 0 Å². The van der Waals surface area contributed by atoms with Crippen molar-refractivity contribution in [3.05, 3.63) is 24.3 Å². The lowest BCUT2D eigenvalue weighted by molar-refractivity contribution is -0.133. The predicted octanol–water partition coefficient (Wildman–Crippen LogP) is 2.22. The van der Waals surface area contributed by atoms with Gasteiger partial charge in [0, 0.05) is 11.1 Å². The van der Waals surface area contributed by atoms with E-state index in [-0.39, 0.29) is 11.1 Å². The first-order chi connectivity index (χ1) is 6.95. The van der Waals surface area contributed by atoms with Crippen LogP contribution in [0.2, 0.25) is 0 Å². The summed E-state index contributed by atoms with van der Waals surface area (Å²) in [6.07, 6.45) is 3.14. The normalized spacial score (nSPS) is 9.60. The van der Waals surface area contributed by atoms with Gasteiger partial charge in [-0.25, -0.2) is 9.59 Å². The van der Waals surface area contributed by atoms with Crippen LogP contribution in [0.4, 0.5) is 0 Å². The Morgan fingerprint density at radius 2 is 1.13 bits per heavy atom. The van der Waals surface area contributed by atoms with Crippen molar-refractivity contribution in [2.24, 2.45) is 0 Å². The highest BCUT2D eigenvalue weighted by molar-refractivity contribution is 5.86. The van der Waals surface area contributed by atoms with Crippen molar-refractivity contribution >= 4 is 11.9 Å². The number of carbonyl (C=O) groups is 2. The van der Waals surface area contributed by atoms with Crippen LogP contribution in [0, 0.1) is 0 Å². The molecule has 0 aliphatic heterocycles. The van der Waals surface area contributed by atoms with Crippen molar-refractivity contribution < 1.29 is 19.8 Å². The molecule has 0 heterocycles. The molecule has 0 bridgehead atoms. The van der Waals surface area contributed by atoms with Gasteiger partial charge in [-0.1, -0.05) is 19.6 Å². The van der Waals surface area contributed by atoms with Crippen LogP contribution in [0.25, 0.3) is 0 Å². The Kier molecular flexibility index (Phi) is 6.09. The highest BCUT2D eigenvalue weighted by Gasteiger charge is 2.05. The summed E-state index contributed by atoms with van der Waals surface area (Å²) in [7, 11) is 0. The molecule has 0 saturated heterocycles. The van der Waals surface area contributed by atoms with Crippen molar-refractivity contribution in [3.8, 4) is 0 Å². The minimum Gasteiger partial charge on any atom is -0.478 e. The highest BCUT2D eigenvalue weighted by atomic mass is 16.4. The summed E-state index contributed by atoms with van der Waals surface area (Å²) >= 11 is 0. The second-order valence-corrected chi connectivity index (χ2v) is 3.38. The molecule has 0 aromatic heterocycles. The Bertz CT molecular complexity index is 250. The molecule has 0 spiro atoms. The van der Waals surface area contributed by atoms with E-state index in [1.165, 1.54) is 0 Å². The van der Waals surface area contributed by atoms with Gasteiger partial charge in [0.25, 0.3) is 0 Å². The molecular formula is C11H16O4. The summed E-state index contributed by atoms with van der Waals surface area (Å²) < 4.78 is 0. The summed E-state index contributed by atoms with van der Waals surface area (Å²) in [6.45, 7) is 6.81. The van der Waals surface area contributed by atoms with Crippen molar-refractivity contribution in [2.75, 3.05) is 0 Å². The summed E-state index contributed by atoms with van der Waals surface area (Å²) in [5, 5.41) is 17.0. The first kappa shape index (κ1) is 13.4. The molecule has 0 aliphatic rings. The fourth-order valence-electron chi connectivity index (χ4n) is 1.07. The summed E-state index contributed by atoms with van der Waals surface area (Å²) in [4.78, 5) is 20.7. The maximum atomic E-state index is 10.4. The van der Waals surface area contributed by atoms with Crippen LogP contribution in [0.5, 0.6) is 0 Å². The SMILES string of the molecule is C=C(CCCCCC(=C)C(=O)O)C(=O)O. The van der Waals surface area contributed by atoms with Crippen LogP contribution in [0.3, 0.4) is 0 Å². The van der Waals surface area contributed by atoms with Crippen LogP contribution in [0.1, 0.15) is 32.1 Å². The van der Waals surface area contributed by atoms with Gasteiger partial charge in [-0.3, -0.25) is 0 Å². The lowest BCUT2D eigenvalue weighted by atomic mass is 10.1. The molecule has 4 nitrogen and oxygen atoms in total. The van der Waals surface area contributed by atoms with E-state index in [1.807, 2.05) is 0 Å². The van der Waals surface area contributed by atoms with Crippen LogP contribution >= 0.6 is 0 Å². The smallest absolute Gasteiger partial charge is 0.330 e. The van der Waals surface area contributed by atoms with E-state index in [2.05, 4.69) is 13.2 Å². The van der Waals surface area contributed by atoms with Gasteiger partial charge in [0.1, 0.15) is 0 Å². The first-order valence-electron chi connectivity index (χ1n) is 4.77. The molecule has 0 aromatic rings. The number of carboxylic acid groups (broad SMARTS) is 2. The summed E-state index contributed by atoms with van der Waals surface area (Å²) in [6, 6.07) is 0. The van der Waals surface area contributed by atoms with E-state index >= 15 is 0 Å². The van der Waals surface area contributed by atoms with E-state index in [0.29, 0.717) is 12.8 Å². The molecule has 0 unspecified atom stereocenters. The zero-order chi connectivity index (χ0) is 11.8.